The smallest absolute Gasteiger partial charge is 0.290 e. The summed E-state index contributed by atoms with van der Waals surface area (Å²) in [6.45, 7) is -0.250. The fourth-order valence-corrected chi connectivity index (χ4v) is 0.475. The zero-order valence-electron chi connectivity index (χ0n) is 5.85. The van der Waals surface area contributed by atoms with E-state index in [0.717, 1.165) is 4.90 Å². The number of carboxylic acid groups (broad SMARTS) is 1. The monoisotopic (exact) mass is 157 g/mol. The molecule has 1 aliphatic rings. The van der Waals surface area contributed by atoms with Gasteiger partial charge in [0.05, 0.1) is 0 Å². The Hall–Kier alpha value is -1.65. The molecule has 0 aromatic carbocycles. The van der Waals surface area contributed by atoms with Crippen LogP contribution < -0.4 is 0 Å². The van der Waals surface area contributed by atoms with Gasteiger partial charge in [-0.05, 0) is 0 Å². The average molecular weight is 157 g/mol. The molecular weight excluding hydrogens is 150 g/mol. The molecule has 1 rings (SSSR count). The summed E-state index contributed by atoms with van der Waals surface area (Å²) in [7, 11) is 1.45. The highest BCUT2D eigenvalue weighted by molar-refractivity contribution is 6.12. The second kappa shape index (κ2) is 4.21. The maximum Gasteiger partial charge on any atom is 0.290 e. The van der Waals surface area contributed by atoms with E-state index in [4.69, 9.17) is 9.90 Å². The van der Waals surface area contributed by atoms with Crippen LogP contribution in [0.1, 0.15) is 0 Å². The van der Waals surface area contributed by atoms with Crippen molar-refractivity contribution in [3.63, 3.8) is 0 Å². The number of imide groups is 1. The predicted molar refractivity (Wildman–Crippen MR) is 35.6 cm³/mol. The Morgan fingerprint density at radius 3 is 1.73 bits per heavy atom. The lowest BCUT2D eigenvalue weighted by Gasteiger charge is -2.01. The van der Waals surface area contributed by atoms with Gasteiger partial charge < -0.3 is 5.11 Å². The molecule has 5 heteroatoms. The van der Waals surface area contributed by atoms with Crippen LogP contribution >= 0.6 is 0 Å². The van der Waals surface area contributed by atoms with Crippen LogP contribution in [-0.4, -0.2) is 35.3 Å². The summed E-state index contributed by atoms with van der Waals surface area (Å²) >= 11 is 0. The van der Waals surface area contributed by atoms with Crippen molar-refractivity contribution in [3.05, 3.63) is 12.2 Å². The summed E-state index contributed by atoms with van der Waals surface area (Å²) in [6, 6.07) is 0. The highest BCUT2D eigenvalue weighted by Crippen LogP contribution is 1.97. The minimum absolute atomic E-state index is 0.241. The molecule has 0 atom stereocenters. The minimum atomic E-state index is -0.250. The molecule has 60 valence electrons. The molecule has 1 heterocycles. The lowest BCUT2D eigenvalue weighted by molar-refractivity contribution is -0.135. The Kier molecular flexibility index (Phi) is 3.58. The highest BCUT2D eigenvalue weighted by atomic mass is 16.3. The zero-order valence-corrected chi connectivity index (χ0v) is 5.85. The third-order valence-corrected chi connectivity index (χ3v) is 1.03. The molecule has 0 aliphatic carbocycles. The molecule has 0 saturated carbocycles. The summed E-state index contributed by atoms with van der Waals surface area (Å²) in [4.78, 5) is 30.2. The number of hydrogen-bond acceptors (Lipinski definition) is 3. The van der Waals surface area contributed by atoms with Crippen LogP contribution in [0.25, 0.3) is 0 Å². The lowest BCUT2D eigenvalue weighted by Crippen LogP contribution is -2.24. The Morgan fingerprint density at radius 2 is 1.64 bits per heavy atom. The second-order valence-electron chi connectivity index (χ2n) is 1.67. The van der Waals surface area contributed by atoms with E-state index in [0.29, 0.717) is 0 Å². The number of likely N-dealkylation sites (N-methyl/N-ethyl adjacent to an activating group) is 1. The SMILES string of the molecule is CN1C(=O)C=CC1=O.O=CO. The first kappa shape index (κ1) is 9.35. The summed E-state index contributed by atoms with van der Waals surface area (Å²) in [5.41, 5.74) is 0. The molecule has 0 saturated heterocycles. The van der Waals surface area contributed by atoms with Crippen LogP contribution in [0.2, 0.25) is 0 Å². The van der Waals surface area contributed by atoms with E-state index >= 15 is 0 Å². The van der Waals surface area contributed by atoms with Crippen LogP contribution in [0.15, 0.2) is 12.2 Å². The van der Waals surface area contributed by atoms with E-state index in [1.807, 2.05) is 0 Å². The van der Waals surface area contributed by atoms with Gasteiger partial charge in [0.2, 0.25) is 0 Å². The average Bonchev–Trinajstić information content (AvgIpc) is 2.22. The molecule has 11 heavy (non-hydrogen) atoms. The predicted octanol–water partition coefficient (Wildman–Crippen LogP) is -0.758. The number of carbonyl (C=O) groups is 3. The largest absolute Gasteiger partial charge is 0.483 e. The van der Waals surface area contributed by atoms with E-state index in [1.165, 1.54) is 19.2 Å². The standard InChI is InChI=1S/C5H5NO2.CH2O2/c1-6-4(7)2-3-5(6)8;2-1-3/h2-3H,1H3;1H,(H,2,3). The van der Waals surface area contributed by atoms with E-state index in [2.05, 4.69) is 0 Å². The lowest BCUT2D eigenvalue weighted by atomic mass is 10.6. The molecular formula is C6H7NO4. The van der Waals surface area contributed by atoms with Crippen molar-refractivity contribution in [2.75, 3.05) is 7.05 Å². The molecule has 2 amide bonds. The van der Waals surface area contributed by atoms with E-state index in [9.17, 15) is 9.59 Å². The molecule has 0 radical (unpaired) electrons. The Bertz CT molecular complexity index is 191. The van der Waals surface area contributed by atoms with Gasteiger partial charge in [-0.25, -0.2) is 0 Å². The van der Waals surface area contributed by atoms with Gasteiger partial charge in [-0.2, -0.15) is 0 Å². The van der Waals surface area contributed by atoms with Crippen molar-refractivity contribution in [3.8, 4) is 0 Å². The topological polar surface area (TPSA) is 74.7 Å². The maximum atomic E-state index is 10.4. The minimum Gasteiger partial charge on any atom is -0.483 e. The molecule has 1 N–H and O–H groups in total. The van der Waals surface area contributed by atoms with Gasteiger partial charge in [0, 0.05) is 19.2 Å². The summed E-state index contributed by atoms with van der Waals surface area (Å²) in [6.07, 6.45) is 2.50. The second-order valence-corrected chi connectivity index (χ2v) is 1.67. The summed E-state index contributed by atoms with van der Waals surface area (Å²) < 4.78 is 0. The summed E-state index contributed by atoms with van der Waals surface area (Å²) in [5, 5.41) is 6.89. The molecule has 0 fully saturated rings. The quantitative estimate of drug-likeness (QED) is 0.370. The third-order valence-electron chi connectivity index (χ3n) is 1.03. The van der Waals surface area contributed by atoms with Gasteiger partial charge in [0.1, 0.15) is 0 Å². The van der Waals surface area contributed by atoms with Gasteiger partial charge in [0.15, 0.2) is 0 Å². The Balaban J connectivity index is 0.000000292. The zero-order chi connectivity index (χ0) is 8.85. The first-order valence-corrected chi connectivity index (χ1v) is 2.71. The first-order valence-electron chi connectivity index (χ1n) is 2.71. The number of nitrogens with zero attached hydrogens (tertiary/aromatic N) is 1. The van der Waals surface area contributed by atoms with Crippen molar-refractivity contribution < 1.29 is 19.5 Å². The van der Waals surface area contributed by atoms with Gasteiger partial charge in [-0.15, -0.1) is 0 Å². The fraction of sp³-hybridized carbons (Fsp3) is 0.167. The summed E-state index contributed by atoms with van der Waals surface area (Å²) in [5.74, 6) is -0.481. The Morgan fingerprint density at radius 1 is 1.36 bits per heavy atom. The molecule has 0 unspecified atom stereocenters. The van der Waals surface area contributed by atoms with Gasteiger partial charge in [-0.1, -0.05) is 0 Å². The number of hydrogen-bond donors (Lipinski definition) is 1. The van der Waals surface area contributed by atoms with E-state index in [1.54, 1.807) is 0 Å². The number of amides is 2. The molecule has 5 nitrogen and oxygen atoms in total. The normalized spacial score (nSPS) is 14.5. The van der Waals surface area contributed by atoms with E-state index < -0.39 is 0 Å². The molecule has 1 aliphatic heterocycles. The molecule has 0 aromatic rings. The molecule has 0 aromatic heterocycles. The molecule has 0 spiro atoms. The maximum absolute atomic E-state index is 10.4. The van der Waals surface area contributed by atoms with Crippen LogP contribution in [0.4, 0.5) is 0 Å². The van der Waals surface area contributed by atoms with Crippen molar-refractivity contribution >= 4 is 18.3 Å². The van der Waals surface area contributed by atoms with Crippen LogP contribution in [0.3, 0.4) is 0 Å². The third kappa shape index (κ3) is 2.61. The first-order chi connectivity index (χ1) is 5.13. The van der Waals surface area contributed by atoms with Crippen LogP contribution in [-0.2, 0) is 14.4 Å². The van der Waals surface area contributed by atoms with Crippen molar-refractivity contribution in [2.45, 2.75) is 0 Å². The van der Waals surface area contributed by atoms with Gasteiger partial charge >= 0.3 is 0 Å². The fourth-order valence-electron chi connectivity index (χ4n) is 0.475. The van der Waals surface area contributed by atoms with Gasteiger partial charge in [-0.3, -0.25) is 19.3 Å². The Labute approximate surface area is 62.9 Å². The number of carbonyl (C=O) groups excluding carboxylic acids is 2. The number of rotatable bonds is 0. The van der Waals surface area contributed by atoms with E-state index in [-0.39, 0.29) is 18.3 Å². The van der Waals surface area contributed by atoms with Crippen LogP contribution in [0, 0.1) is 0 Å². The van der Waals surface area contributed by atoms with Crippen molar-refractivity contribution in [1.29, 1.82) is 0 Å². The van der Waals surface area contributed by atoms with Crippen molar-refractivity contribution in [1.82, 2.24) is 4.90 Å². The van der Waals surface area contributed by atoms with Crippen LogP contribution in [0.5, 0.6) is 0 Å². The van der Waals surface area contributed by atoms with Crippen molar-refractivity contribution in [2.24, 2.45) is 0 Å². The highest BCUT2D eigenvalue weighted by Gasteiger charge is 2.17. The molecule has 0 bridgehead atoms. The van der Waals surface area contributed by atoms with Gasteiger partial charge in [0.25, 0.3) is 18.3 Å².